The quantitative estimate of drug-likeness (QED) is 0.937. The van der Waals surface area contributed by atoms with E-state index in [1.807, 2.05) is 24.1 Å². The topological polar surface area (TPSA) is 37.3 Å². The first-order valence-corrected chi connectivity index (χ1v) is 8.72. The van der Waals surface area contributed by atoms with Gasteiger partial charge in [0.15, 0.2) is 0 Å². The Labute approximate surface area is 144 Å². The Morgan fingerprint density at radius 3 is 2.62 bits per heavy atom. The van der Waals surface area contributed by atoms with Crippen LogP contribution >= 0.6 is 0 Å². The van der Waals surface area contributed by atoms with E-state index in [1.165, 1.54) is 5.56 Å². The standard InChI is InChI=1S/C20H27N3O/c1-14-12-19(20(24)22(4)18-10-11-21-13-18)16(3)23(14)15(2)17-8-6-5-7-9-17/h5-9,12,15,18,21H,10-11,13H2,1-4H3. The molecule has 0 aliphatic carbocycles. The zero-order valence-corrected chi connectivity index (χ0v) is 15.0. The number of carbonyl (C=O) groups excluding carboxylic acids is 1. The Bertz CT molecular complexity index is 714. The van der Waals surface area contributed by atoms with Crippen LogP contribution in [0.25, 0.3) is 0 Å². The number of amides is 1. The predicted molar refractivity (Wildman–Crippen MR) is 97.5 cm³/mol. The monoisotopic (exact) mass is 325 g/mol. The Kier molecular flexibility index (Phi) is 4.76. The number of likely N-dealkylation sites (N-methyl/N-ethyl adjacent to an activating group) is 1. The van der Waals surface area contributed by atoms with Crippen molar-refractivity contribution >= 4 is 5.91 Å². The molecule has 1 aliphatic rings. The molecular formula is C20H27N3O. The van der Waals surface area contributed by atoms with E-state index in [0.29, 0.717) is 6.04 Å². The number of aromatic nitrogens is 1. The van der Waals surface area contributed by atoms with E-state index in [9.17, 15) is 4.79 Å². The lowest BCUT2D eigenvalue weighted by atomic mass is 10.1. The molecule has 1 amide bonds. The van der Waals surface area contributed by atoms with E-state index in [4.69, 9.17) is 0 Å². The maximum Gasteiger partial charge on any atom is 0.255 e. The van der Waals surface area contributed by atoms with Gasteiger partial charge in [0.2, 0.25) is 0 Å². The van der Waals surface area contributed by atoms with E-state index in [2.05, 4.69) is 54.9 Å². The zero-order chi connectivity index (χ0) is 17.3. The first-order valence-electron chi connectivity index (χ1n) is 8.72. The predicted octanol–water partition coefficient (Wildman–Crippen LogP) is 3.15. The summed E-state index contributed by atoms with van der Waals surface area (Å²) in [5.74, 6) is 0.128. The first-order chi connectivity index (χ1) is 11.5. The van der Waals surface area contributed by atoms with Crippen LogP contribution in [0.4, 0.5) is 0 Å². The third kappa shape index (κ3) is 2.98. The lowest BCUT2D eigenvalue weighted by Gasteiger charge is -2.24. The molecule has 2 unspecified atom stereocenters. The van der Waals surface area contributed by atoms with Crippen LogP contribution in [-0.4, -0.2) is 41.6 Å². The molecule has 3 rings (SSSR count). The fourth-order valence-corrected chi connectivity index (χ4v) is 3.80. The second-order valence-corrected chi connectivity index (χ2v) is 6.80. The molecule has 1 N–H and O–H groups in total. The summed E-state index contributed by atoms with van der Waals surface area (Å²) in [7, 11) is 1.92. The molecule has 1 saturated heterocycles. The molecule has 4 nitrogen and oxygen atoms in total. The van der Waals surface area contributed by atoms with Crippen LogP contribution in [0.15, 0.2) is 36.4 Å². The van der Waals surface area contributed by atoms with Crippen LogP contribution in [0, 0.1) is 13.8 Å². The van der Waals surface area contributed by atoms with Gasteiger partial charge in [0.25, 0.3) is 5.91 Å². The number of aryl methyl sites for hydroxylation is 1. The molecule has 2 aromatic rings. The second-order valence-electron chi connectivity index (χ2n) is 6.80. The van der Waals surface area contributed by atoms with Crippen LogP contribution < -0.4 is 5.32 Å². The van der Waals surface area contributed by atoms with E-state index in [-0.39, 0.29) is 11.9 Å². The van der Waals surface area contributed by atoms with Crippen molar-refractivity contribution in [2.24, 2.45) is 0 Å². The zero-order valence-electron chi connectivity index (χ0n) is 15.0. The summed E-state index contributed by atoms with van der Waals surface area (Å²) >= 11 is 0. The lowest BCUT2D eigenvalue weighted by Crippen LogP contribution is -2.38. The van der Waals surface area contributed by atoms with E-state index < -0.39 is 0 Å². The average molecular weight is 325 g/mol. The number of benzene rings is 1. The van der Waals surface area contributed by atoms with Crippen molar-refractivity contribution in [3.05, 3.63) is 58.9 Å². The Hall–Kier alpha value is -2.07. The average Bonchev–Trinajstić information content (AvgIpc) is 3.22. The molecule has 4 heteroatoms. The van der Waals surface area contributed by atoms with E-state index in [0.717, 1.165) is 36.5 Å². The highest BCUT2D eigenvalue weighted by Gasteiger charge is 2.27. The van der Waals surface area contributed by atoms with Crippen molar-refractivity contribution < 1.29 is 4.79 Å². The molecule has 1 aliphatic heterocycles. The van der Waals surface area contributed by atoms with Gasteiger partial charge in [-0.25, -0.2) is 0 Å². The molecule has 1 aromatic carbocycles. The highest BCUT2D eigenvalue weighted by atomic mass is 16.2. The van der Waals surface area contributed by atoms with Gasteiger partial charge in [0.05, 0.1) is 11.6 Å². The summed E-state index contributed by atoms with van der Waals surface area (Å²) in [6.45, 7) is 8.21. The molecule has 0 bridgehead atoms. The van der Waals surface area contributed by atoms with E-state index in [1.54, 1.807) is 0 Å². The first kappa shape index (κ1) is 16.8. The fraction of sp³-hybridized carbons (Fsp3) is 0.450. The number of hydrogen-bond donors (Lipinski definition) is 1. The highest BCUT2D eigenvalue weighted by Crippen LogP contribution is 2.26. The third-order valence-corrected chi connectivity index (χ3v) is 5.29. The van der Waals surface area contributed by atoms with Crippen molar-refractivity contribution in [2.45, 2.75) is 39.3 Å². The minimum absolute atomic E-state index is 0.128. The minimum atomic E-state index is 0.128. The molecule has 0 spiro atoms. The summed E-state index contributed by atoms with van der Waals surface area (Å²) in [4.78, 5) is 14.9. The van der Waals surface area contributed by atoms with Crippen LogP contribution in [0.3, 0.4) is 0 Å². The minimum Gasteiger partial charge on any atom is -0.341 e. The van der Waals surface area contributed by atoms with Crippen molar-refractivity contribution in [1.82, 2.24) is 14.8 Å². The maximum atomic E-state index is 13.0. The van der Waals surface area contributed by atoms with Crippen LogP contribution in [0.2, 0.25) is 0 Å². The summed E-state index contributed by atoms with van der Waals surface area (Å²) in [6, 6.07) is 13.0. The van der Waals surface area contributed by atoms with Gasteiger partial charge < -0.3 is 14.8 Å². The van der Waals surface area contributed by atoms with Crippen molar-refractivity contribution in [2.75, 3.05) is 20.1 Å². The second kappa shape index (κ2) is 6.81. The van der Waals surface area contributed by atoms with Crippen molar-refractivity contribution in [3.8, 4) is 0 Å². The van der Waals surface area contributed by atoms with Crippen LogP contribution in [-0.2, 0) is 0 Å². The van der Waals surface area contributed by atoms with Gasteiger partial charge in [-0.15, -0.1) is 0 Å². The Balaban J connectivity index is 1.90. The summed E-state index contributed by atoms with van der Waals surface area (Å²) < 4.78 is 2.27. The summed E-state index contributed by atoms with van der Waals surface area (Å²) in [5, 5.41) is 3.33. The van der Waals surface area contributed by atoms with Crippen molar-refractivity contribution in [3.63, 3.8) is 0 Å². The van der Waals surface area contributed by atoms with Gasteiger partial charge in [-0.05, 0) is 45.4 Å². The SMILES string of the molecule is Cc1cc(C(=O)N(C)C2CCNC2)c(C)n1C(C)c1ccccc1. The Morgan fingerprint density at radius 1 is 1.29 bits per heavy atom. The molecule has 0 saturated carbocycles. The molecule has 2 heterocycles. The van der Waals surface area contributed by atoms with Crippen LogP contribution in [0.1, 0.15) is 46.7 Å². The van der Waals surface area contributed by atoms with Gasteiger partial charge in [-0.1, -0.05) is 30.3 Å². The molecule has 1 fully saturated rings. The van der Waals surface area contributed by atoms with Gasteiger partial charge in [0.1, 0.15) is 0 Å². The molecular weight excluding hydrogens is 298 g/mol. The van der Waals surface area contributed by atoms with Gasteiger partial charge in [-0.3, -0.25) is 4.79 Å². The number of rotatable bonds is 4. The summed E-state index contributed by atoms with van der Waals surface area (Å²) in [5.41, 5.74) is 4.26. The van der Waals surface area contributed by atoms with E-state index >= 15 is 0 Å². The molecule has 24 heavy (non-hydrogen) atoms. The van der Waals surface area contributed by atoms with Gasteiger partial charge >= 0.3 is 0 Å². The number of nitrogens with one attached hydrogen (secondary N) is 1. The number of carbonyl (C=O) groups is 1. The fourth-order valence-electron chi connectivity index (χ4n) is 3.80. The number of nitrogens with zero attached hydrogens (tertiary/aromatic N) is 2. The van der Waals surface area contributed by atoms with Gasteiger partial charge in [0, 0.05) is 31.0 Å². The van der Waals surface area contributed by atoms with Crippen LogP contribution in [0.5, 0.6) is 0 Å². The maximum absolute atomic E-state index is 13.0. The third-order valence-electron chi connectivity index (χ3n) is 5.29. The lowest BCUT2D eigenvalue weighted by molar-refractivity contribution is 0.0743. The van der Waals surface area contributed by atoms with Crippen molar-refractivity contribution in [1.29, 1.82) is 0 Å². The smallest absolute Gasteiger partial charge is 0.255 e. The van der Waals surface area contributed by atoms with Gasteiger partial charge in [-0.2, -0.15) is 0 Å². The largest absolute Gasteiger partial charge is 0.341 e. The number of hydrogen-bond acceptors (Lipinski definition) is 2. The molecule has 0 radical (unpaired) electrons. The normalized spacial score (nSPS) is 18.6. The summed E-state index contributed by atoms with van der Waals surface area (Å²) in [6.07, 6.45) is 1.03. The molecule has 2 atom stereocenters. The molecule has 1 aromatic heterocycles. The Morgan fingerprint density at radius 2 is 2.00 bits per heavy atom. The molecule has 128 valence electrons. The highest BCUT2D eigenvalue weighted by molar-refractivity contribution is 5.95.